The molecule has 2 rings (SSSR count). The molecule has 106 valence electrons. The minimum Gasteiger partial charge on any atom is -0.282 e. The number of nitrogens with one attached hydrogen (secondary N) is 1. The molecule has 3 N–H and O–H groups in total. The Hall–Kier alpha value is -0.830. The molecule has 0 heterocycles. The third-order valence-corrected chi connectivity index (χ3v) is 5.37. The summed E-state index contributed by atoms with van der Waals surface area (Å²) in [6.45, 7) is 0. The van der Waals surface area contributed by atoms with Gasteiger partial charge in [0.15, 0.2) is 0 Å². The van der Waals surface area contributed by atoms with Crippen molar-refractivity contribution in [3.8, 4) is 0 Å². The van der Waals surface area contributed by atoms with Crippen LogP contribution in [-0.2, 0) is 20.0 Å². The zero-order chi connectivity index (χ0) is 14.3. The van der Waals surface area contributed by atoms with E-state index in [4.69, 9.17) is 16.7 Å². The number of halogens is 1. The Morgan fingerprint density at radius 3 is 2.42 bits per heavy atom. The lowest BCUT2D eigenvalue weighted by Gasteiger charge is -2.10. The van der Waals surface area contributed by atoms with Crippen molar-refractivity contribution in [1.82, 2.24) is 0 Å². The minimum atomic E-state index is -3.90. The van der Waals surface area contributed by atoms with E-state index in [0.717, 1.165) is 18.9 Å². The monoisotopic (exact) mass is 324 g/mol. The molecule has 1 aromatic carbocycles. The lowest BCUT2D eigenvalue weighted by molar-refractivity contribution is 0.595. The van der Waals surface area contributed by atoms with Crippen LogP contribution in [0.4, 0.5) is 5.69 Å². The van der Waals surface area contributed by atoms with Crippen LogP contribution >= 0.6 is 11.6 Å². The van der Waals surface area contributed by atoms with E-state index in [-0.39, 0.29) is 27.3 Å². The summed E-state index contributed by atoms with van der Waals surface area (Å²) in [6, 6.07) is 3.62. The molecule has 0 amide bonds. The zero-order valence-corrected chi connectivity index (χ0v) is 12.2. The normalized spacial score (nSPS) is 16.3. The molecule has 0 spiro atoms. The van der Waals surface area contributed by atoms with E-state index < -0.39 is 20.0 Å². The molecular weight excluding hydrogens is 312 g/mol. The van der Waals surface area contributed by atoms with E-state index in [1.807, 2.05) is 0 Å². The highest BCUT2D eigenvalue weighted by Gasteiger charge is 2.28. The van der Waals surface area contributed by atoms with Crippen LogP contribution in [0.5, 0.6) is 0 Å². The van der Waals surface area contributed by atoms with Crippen LogP contribution < -0.4 is 9.86 Å². The van der Waals surface area contributed by atoms with E-state index in [9.17, 15) is 16.8 Å². The summed E-state index contributed by atoms with van der Waals surface area (Å²) < 4.78 is 48.3. The molecule has 1 aliphatic carbocycles. The lowest BCUT2D eigenvalue weighted by atomic mass is 10.3. The average molecular weight is 325 g/mol. The van der Waals surface area contributed by atoms with Crippen molar-refractivity contribution in [3.63, 3.8) is 0 Å². The van der Waals surface area contributed by atoms with Crippen LogP contribution in [0, 0.1) is 5.92 Å². The SMILES string of the molecule is NS(=O)(=O)c1ccc(Cl)c(NS(=O)(=O)CC2CC2)c1. The Bertz CT molecular complexity index is 696. The fourth-order valence-corrected chi connectivity index (χ4v) is 3.87. The summed E-state index contributed by atoms with van der Waals surface area (Å²) in [5, 5.41) is 5.10. The Balaban J connectivity index is 2.28. The third-order valence-electron chi connectivity index (χ3n) is 2.68. The van der Waals surface area contributed by atoms with Gasteiger partial charge in [-0.25, -0.2) is 22.0 Å². The first-order valence-corrected chi connectivity index (χ1v) is 9.08. The van der Waals surface area contributed by atoms with E-state index in [2.05, 4.69) is 4.72 Å². The van der Waals surface area contributed by atoms with Crippen molar-refractivity contribution in [3.05, 3.63) is 23.2 Å². The van der Waals surface area contributed by atoms with Crippen LogP contribution in [0.3, 0.4) is 0 Å². The van der Waals surface area contributed by atoms with Crippen molar-refractivity contribution in [2.75, 3.05) is 10.5 Å². The summed E-state index contributed by atoms with van der Waals surface area (Å²) >= 11 is 5.84. The topological polar surface area (TPSA) is 106 Å². The molecule has 0 unspecified atom stereocenters. The second-order valence-electron chi connectivity index (χ2n) is 4.51. The van der Waals surface area contributed by atoms with Gasteiger partial charge in [0.1, 0.15) is 0 Å². The van der Waals surface area contributed by atoms with E-state index in [1.165, 1.54) is 12.1 Å². The number of sulfonamides is 2. The average Bonchev–Trinajstić information content (AvgIpc) is 3.02. The molecule has 1 aliphatic rings. The second-order valence-corrected chi connectivity index (χ2v) is 8.25. The fraction of sp³-hybridized carbons (Fsp3) is 0.400. The van der Waals surface area contributed by atoms with Crippen molar-refractivity contribution >= 4 is 37.3 Å². The maximum atomic E-state index is 11.8. The quantitative estimate of drug-likeness (QED) is 0.846. The molecule has 1 aromatic rings. The lowest BCUT2D eigenvalue weighted by Crippen LogP contribution is -2.19. The van der Waals surface area contributed by atoms with Gasteiger partial charge in [0.25, 0.3) is 0 Å². The third kappa shape index (κ3) is 4.07. The van der Waals surface area contributed by atoms with Crippen molar-refractivity contribution in [2.24, 2.45) is 11.1 Å². The predicted octanol–water partition coefficient (Wildman–Crippen LogP) is 1.14. The largest absolute Gasteiger partial charge is 0.282 e. The van der Waals surface area contributed by atoms with Crippen LogP contribution in [0.2, 0.25) is 5.02 Å². The van der Waals surface area contributed by atoms with Gasteiger partial charge in [0.2, 0.25) is 20.0 Å². The van der Waals surface area contributed by atoms with Crippen molar-refractivity contribution < 1.29 is 16.8 Å². The summed E-state index contributed by atoms with van der Waals surface area (Å²) in [7, 11) is -7.43. The van der Waals surface area contributed by atoms with Gasteiger partial charge in [0.05, 0.1) is 21.4 Å². The number of primary sulfonamides is 1. The van der Waals surface area contributed by atoms with Crippen LogP contribution in [0.1, 0.15) is 12.8 Å². The number of nitrogens with two attached hydrogens (primary N) is 1. The number of rotatable bonds is 5. The summed E-state index contributed by atoms with van der Waals surface area (Å²) in [6.07, 6.45) is 1.79. The first-order chi connectivity index (χ1) is 8.67. The Morgan fingerprint density at radius 2 is 1.89 bits per heavy atom. The molecule has 0 bridgehead atoms. The first-order valence-electron chi connectivity index (χ1n) is 5.50. The summed E-state index contributed by atoms with van der Waals surface area (Å²) in [4.78, 5) is -0.193. The number of benzene rings is 1. The standard InChI is InChI=1S/C10H13ClN2O4S2/c11-9-4-3-8(19(12,16)17)5-10(9)13-18(14,15)6-7-1-2-7/h3-5,7,13H,1-2,6H2,(H2,12,16,17). The Labute approximate surface area is 117 Å². The highest BCUT2D eigenvalue weighted by atomic mass is 35.5. The number of hydrogen-bond donors (Lipinski definition) is 2. The second kappa shape index (κ2) is 4.93. The van der Waals surface area contributed by atoms with Gasteiger partial charge in [-0.05, 0) is 37.0 Å². The van der Waals surface area contributed by atoms with Crippen LogP contribution in [0.15, 0.2) is 23.1 Å². The maximum Gasteiger partial charge on any atom is 0.238 e. The van der Waals surface area contributed by atoms with Gasteiger partial charge >= 0.3 is 0 Å². The van der Waals surface area contributed by atoms with E-state index >= 15 is 0 Å². The van der Waals surface area contributed by atoms with Gasteiger partial charge in [-0.15, -0.1) is 0 Å². The van der Waals surface area contributed by atoms with Crippen LogP contribution in [0.25, 0.3) is 0 Å². The molecule has 9 heteroatoms. The molecule has 6 nitrogen and oxygen atoms in total. The highest BCUT2D eigenvalue weighted by Crippen LogP contribution is 2.32. The number of hydrogen-bond acceptors (Lipinski definition) is 4. The molecule has 0 saturated heterocycles. The van der Waals surface area contributed by atoms with Gasteiger partial charge in [-0.1, -0.05) is 11.6 Å². The molecule has 1 fully saturated rings. The highest BCUT2D eigenvalue weighted by molar-refractivity contribution is 7.92. The maximum absolute atomic E-state index is 11.8. The first kappa shape index (κ1) is 14.6. The molecule has 1 saturated carbocycles. The fourth-order valence-electron chi connectivity index (χ4n) is 1.56. The van der Waals surface area contributed by atoms with Crippen molar-refractivity contribution in [2.45, 2.75) is 17.7 Å². The van der Waals surface area contributed by atoms with Gasteiger partial charge in [-0.2, -0.15) is 0 Å². The molecule has 0 radical (unpaired) electrons. The summed E-state index contributed by atoms with van der Waals surface area (Å²) in [5.74, 6) is 0.195. The molecular formula is C10H13ClN2O4S2. The minimum absolute atomic E-state index is 0.0168. The molecule has 19 heavy (non-hydrogen) atoms. The summed E-state index contributed by atoms with van der Waals surface area (Å²) in [5.41, 5.74) is 0.0221. The Kier molecular flexibility index (Phi) is 3.78. The smallest absolute Gasteiger partial charge is 0.238 e. The zero-order valence-electron chi connectivity index (χ0n) is 9.84. The van der Waals surface area contributed by atoms with Gasteiger partial charge in [-0.3, -0.25) is 4.72 Å². The van der Waals surface area contributed by atoms with Crippen LogP contribution in [-0.4, -0.2) is 22.6 Å². The number of anilines is 1. The van der Waals surface area contributed by atoms with E-state index in [0.29, 0.717) is 0 Å². The van der Waals surface area contributed by atoms with Gasteiger partial charge < -0.3 is 0 Å². The molecule has 0 aliphatic heterocycles. The molecule has 0 aromatic heterocycles. The predicted molar refractivity (Wildman–Crippen MR) is 73.0 cm³/mol. The molecule has 0 atom stereocenters. The Morgan fingerprint density at radius 1 is 1.26 bits per heavy atom. The van der Waals surface area contributed by atoms with Gasteiger partial charge in [0, 0.05) is 0 Å². The van der Waals surface area contributed by atoms with Crippen molar-refractivity contribution in [1.29, 1.82) is 0 Å². The van der Waals surface area contributed by atoms with E-state index in [1.54, 1.807) is 0 Å².